The fraction of sp³-hybridized carbons (Fsp3) is 0.588. The molecular formula is C17H26N2O3S. The molecule has 2 unspecified atom stereocenters. The molecule has 0 bridgehead atoms. The molecule has 0 spiro atoms. The van der Waals surface area contributed by atoms with Crippen molar-refractivity contribution in [1.29, 1.82) is 0 Å². The van der Waals surface area contributed by atoms with Crippen LogP contribution in [0.15, 0.2) is 30.3 Å². The van der Waals surface area contributed by atoms with Crippen LogP contribution in [0.2, 0.25) is 0 Å². The SMILES string of the molecule is CC(C)C(NC(=O)C1CCCN(S(C)(=O)=O)C1)c1ccccc1. The number of piperidine rings is 1. The summed E-state index contributed by atoms with van der Waals surface area (Å²) < 4.78 is 24.8. The van der Waals surface area contributed by atoms with E-state index in [-0.39, 0.29) is 30.3 Å². The average Bonchev–Trinajstić information content (AvgIpc) is 2.52. The number of nitrogens with one attached hydrogen (secondary N) is 1. The van der Waals surface area contributed by atoms with Gasteiger partial charge in [-0.3, -0.25) is 4.79 Å². The first-order valence-corrected chi connectivity index (χ1v) is 9.94. The molecule has 1 aliphatic rings. The Kier molecular flexibility index (Phi) is 5.81. The van der Waals surface area contributed by atoms with Gasteiger partial charge in [-0.15, -0.1) is 0 Å². The normalized spacial score (nSPS) is 21.1. The van der Waals surface area contributed by atoms with Crippen molar-refractivity contribution in [3.63, 3.8) is 0 Å². The second-order valence-corrected chi connectivity index (χ2v) is 8.58. The van der Waals surface area contributed by atoms with E-state index in [0.29, 0.717) is 6.54 Å². The molecule has 1 saturated heterocycles. The minimum Gasteiger partial charge on any atom is -0.349 e. The highest BCUT2D eigenvalue weighted by atomic mass is 32.2. The number of nitrogens with zero attached hydrogens (tertiary/aromatic N) is 1. The van der Waals surface area contributed by atoms with E-state index >= 15 is 0 Å². The van der Waals surface area contributed by atoms with Gasteiger partial charge in [0.2, 0.25) is 15.9 Å². The van der Waals surface area contributed by atoms with Gasteiger partial charge in [-0.2, -0.15) is 0 Å². The Labute approximate surface area is 139 Å². The number of rotatable bonds is 5. The summed E-state index contributed by atoms with van der Waals surface area (Å²) in [5.74, 6) is -0.0692. The Balaban J connectivity index is 2.07. The maximum absolute atomic E-state index is 12.6. The predicted molar refractivity (Wildman–Crippen MR) is 91.3 cm³/mol. The van der Waals surface area contributed by atoms with Crippen LogP contribution in [0.4, 0.5) is 0 Å². The number of hydrogen-bond acceptors (Lipinski definition) is 3. The van der Waals surface area contributed by atoms with Gasteiger partial charge in [0.1, 0.15) is 0 Å². The number of carbonyl (C=O) groups is 1. The monoisotopic (exact) mass is 338 g/mol. The molecule has 0 aromatic heterocycles. The van der Waals surface area contributed by atoms with Crippen LogP contribution in [0.1, 0.15) is 38.3 Å². The van der Waals surface area contributed by atoms with E-state index in [4.69, 9.17) is 0 Å². The van der Waals surface area contributed by atoms with Gasteiger partial charge in [0, 0.05) is 13.1 Å². The van der Waals surface area contributed by atoms with E-state index in [0.717, 1.165) is 18.4 Å². The van der Waals surface area contributed by atoms with Crippen molar-refractivity contribution in [2.24, 2.45) is 11.8 Å². The Bertz CT molecular complexity index is 628. The van der Waals surface area contributed by atoms with Gasteiger partial charge < -0.3 is 5.32 Å². The maximum atomic E-state index is 12.6. The minimum atomic E-state index is -3.24. The molecule has 1 heterocycles. The number of amides is 1. The molecule has 2 atom stereocenters. The Morgan fingerprint density at radius 2 is 1.91 bits per heavy atom. The molecule has 0 radical (unpaired) electrons. The quantitative estimate of drug-likeness (QED) is 0.895. The molecule has 1 fully saturated rings. The molecule has 128 valence electrons. The first kappa shape index (κ1) is 17.9. The first-order chi connectivity index (χ1) is 10.8. The van der Waals surface area contributed by atoms with E-state index in [2.05, 4.69) is 19.2 Å². The summed E-state index contributed by atoms with van der Waals surface area (Å²) in [7, 11) is -3.24. The molecular weight excluding hydrogens is 312 g/mol. The molecule has 23 heavy (non-hydrogen) atoms. The van der Waals surface area contributed by atoms with Crippen LogP contribution in [0.5, 0.6) is 0 Å². The van der Waals surface area contributed by atoms with Crippen molar-refractivity contribution in [2.75, 3.05) is 19.3 Å². The molecule has 6 heteroatoms. The third-order valence-corrected chi connectivity index (χ3v) is 5.62. The highest BCUT2D eigenvalue weighted by Gasteiger charge is 2.31. The smallest absolute Gasteiger partial charge is 0.224 e. The number of hydrogen-bond donors (Lipinski definition) is 1. The number of carbonyl (C=O) groups excluding carboxylic acids is 1. The van der Waals surface area contributed by atoms with Crippen molar-refractivity contribution < 1.29 is 13.2 Å². The zero-order valence-electron chi connectivity index (χ0n) is 14.0. The molecule has 1 amide bonds. The first-order valence-electron chi connectivity index (χ1n) is 8.09. The maximum Gasteiger partial charge on any atom is 0.224 e. The second-order valence-electron chi connectivity index (χ2n) is 6.60. The summed E-state index contributed by atoms with van der Waals surface area (Å²) in [6.07, 6.45) is 2.66. The van der Waals surface area contributed by atoms with Gasteiger partial charge in [0.05, 0.1) is 18.2 Å². The molecule has 2 rings (SSSR count). The summed E-state index contributed by atoms with van der Waals surface area (Å²) in [6, 6.07) is 9.83. The number of benzene rings is 1. The zero-order chi connectivity index (χ0) is 17.0. The Hall–Kier alpha value is -1.40. The molecule has 1 aromatic carbocycles. The van der Waals surface area contributed by atoms with Gasteiger partial charge in [-0.1, -0.05) is 44.2 Å². The third kappa shape index (κ3) is 4.78. The van der Waals surface area contributed by atoms with Gasteiger partial charge in [-0.25, -0.2) is 12.7 Å². The molecule has 1 N–H and O–H groups in total. The van der Waals surface area contributed by atoms with Gasteiger partial charge in [-0.05, 0) is 24.3 Å². The van der Waals surface area contributed by atoms with Crippen molar-refractivity contribution in [3.05, 3.63) is 35.9 Å². The summed E-state index contributed by atoms with van der Waals surface area (Å²) in [5, 5.41) is 3.11. The van der Waals surface area contributed by atoms with Crippen molar-refractivity contribution in [1.82, 2.24) is 9.62 Å². The summed E-state index contributed by atoms with van der Waals surface area (Å²) in [6.45, 7) is 4.93. The lowest BCUT2D eigenvalue weighted by molar-refractivity contribution is -0.127. The Morgan fingerprint density at radius 1 is 1.26 bits per heavy atom. The van der Waals surface area contributed by atoms with Crippen LogP contribution < -0.4 is 5.32 Å². The van der Waals surface area contributed by atoms with Gasteiger partial charge >= 0.3 is 0 Å². The highest BCUT2D eigenvalue weighted by molar-refractivity contribution is 7.88. The van der Waals surface area contributed by atoms with Crippen LogP contribution in [-0.2, 0) is 14.8 Å². The summed E-state index contributed by atoms with van der Waals surface area (Å²) in [5.41, 5.74) is 1.08. The topological polar surface area (TPSA) is 66.5 Å². The average molecular weight is 338 g/mol. The van der Waals surface area contributed by atoms with Crippen LogP contribution in [-0.4, -0.2) is 38.0 Å². The zero-order valence-corrected chi connectivity index (χ0v) is 14.8. The van der Waals surface area contributed by atoms with Crippen molar-refractivity contribution in [3.8, 4) is 0 Å². The molecule has 1 aromatic rings. The Morgan fingerprint density at radius 3 is 2.48 bits per heavy atom. The molecule has 0 aliphatic carbocycles. The number of sulfonamides is 1. The predicted octanol–water partition coefficient (Wildman–Crippen LogP) is 2.17. The molecule has 1 aliphatic heterocycles. The minimum absolute atomic E-state index is 0.0547. The van der Waals surface area contributed by atoms with Crippen LogP contribution in [0.3, 0.4) is 0 Å². The fourth-order valence-corrected chi connectivity index (χ4v) is 3.94. The van der Waals surface area contributed by atoms with Gasteiger partial charge in [0.25, 0.3) is 0 Å². The fourth-order valence-electron chi connectivity index (χ4n) is 3.02. The highest BCUT2D eigenvalue weighted by Crippen LogP contribution is 2.24. The van der Waals surface area contributed by atoms with Gasteiger partial charge in [0.15, 0.2) is 0 Å². The van der Waals surface area contributed by atoms with E-state index in [9.17, 15) is 13.2 Å². The lowest BCUT2D eigenvalue weighted by atomic mass is 9.93. The van der Waals surface area contributed by atoms with E-state index in [1.807, 2.05) is 30.3 Å². The van der Waals surface area contributed by atoms with Crippen LogP contribution in [0, 0.1) is 11.8 Å². The second kappa shape index (κ2) is 7.45. The largest absolute Gasteiger partial charge is 0.349 e. The third-order valence-electron chi connectivity index (χ3n) is 4.35. The molecule has 0 saturated carbocycles. The van der Waals surface area contributed by atoms with Crippen molar-refractivity contribution >= 4 is 15.9 Å². The summed E-state index contributed by atoms with van der Waals surface area (Å²) >= 11 is 0. The van der Waals surface area contributed by atoms with E-state index in [1.54, 1.807) is 0 Å². The van der Waals surface area contributed by atoms with E-state index in [1.165, 1.54) is 10.6 Å². The summed E-state index contributed by atoms with van der Waals surface area (Å²) in [4.78, 5) is 12.6. The lowest BCUT2D eigenvalue weighted by Gasteiger charge is -2.32. The van der Waals surface area contributed by atoms with Crippen molar-refractivity contribution in [2.45, 2.75) is 32.7 Å². The van der Waals surface area contributed by atoms with Crippen LogP contribution >= 0.6 is 0 Å². The standard InChI is InChI=1S/C17H26N2O3S/c1-13(2)16(14-8-5-4-6-9-14)18-17(20)15-10-7-11-19(12-15)23(3,21)22/h4-6,8-9,13,15-16H,7,10-12H2,1-3H3,(H,18,20). The molecule has 5 nitrogen and oxygen atoms in total. The van der Waals surface area contributed by atoms with Crippen LogP contribution in [0.25, 0.3) is 0 Å². The van der Waals surface area contributed by atoms with E-state index < -0.39 is 10.0 Å². The lowest BCUT2D eigenvalue weighted by Crippen LogP contribution is -2.46.